The highest BCUT2D eigenvalue weighted by Gasteiger charge is 2.10. The van der Waals surface area contributed by atoms with Gasteiger partial charge in [-0.25, -0.2) is 9.48 Å². The molecular weight excluding hydrogens is 226 g/mol. The molecular formula is C8H5N7O2. The highest BCUT2D eigenvalue weighted by atomic mass is 16.4. The second-order valence-corrected chi connectivity index (χ2v) is 3.19. The number of tetrazole rings is 1. The number of aromatic nitrogens is 7. The van der Waals surface area contributed by atoms with Gasteiger partial charge >= 0.3 is 5.97 Å². The lowest BCUT2D eigenvalue weighted by atomic mass is 10.4. The quantitative estimate of drug-likeness (QED) is 0.626. The second-order valence-electron chi connectivity index (χ2n) is 3.19. The van der Waals surface area contributed by atoms with E-state index >= 15 is 0 Å². The Labute approximate surface area is 93.3 Å². The van der Waals surface area contributed by atoms with E-state index < -0.39 is 5.97 Å². The second kappa shape index (κ2) is 3.33. The van der Waals surface area contributed by atoms with Crippen LogP contribution >= 0.6 is 0 Å². The maximum Gasteiger partial charge on any atom is 0.338 e. The van der Waals surface area contributed by atoms with Crippen LogP contribution in [0.3, 0.4) is 0 Å². The zero-order chi connectivity index (χ0) is 11.8. The van der Waals surface area contributed by atoms with Crippen molar-refractivity contribution in [2.45, 2.75) is 0 Å². The summed E-state index contributed by atoms with van der Waals surface area (Å²) in [4.78, 5) is 14.7. The smallest absolute Gasteiger partial charge is 0.338 e. The fourth-order valence-corrected chi connectivity index (χ4v) is 1.38. The van der Waals surface area contributed by atoms with Gasteiger partial charge in [0, 0.05) is 6.20 Å². The minimum atomic E-state index is -1.05. The van der Waals surface area contributed by atoms with Crippen molar-refractivity contribution in [1.82, 2.24) is 34.8 Å². The Morgan fingerprint density at radius 1 is 1.29 bits per heavy atom. The Bertz CT molecular complexity index is 701. The van der Waals surface area contributed by atoms with E-state index in [0.717, 1.165) is 0 Å². The lowest BCUT2D eigenvalue weighted by Crippen LogP contribution is -2.05. The topological polar surface area (TPSA) is 111 Å². The van der Waals surface area contributed by atoms with Crippen LogP contribution in [-0.4, -0.2) is 45.9 Å². The predicted molar refractivity (Wildman–Crippen MR) is 52.7 cm³/mol. The van der Waals surface area contributed by atoms with Gasteiger partial charge in [0.2, 0.25) is 0 Å². The normalized spacial score (nSPS) is 10.8. The average Bonchev–Trinajstić information content (AvgIpc) is 2.97. The summed E-state index contributed by atoms with van der Waals surface area (Å²) in [6.45, 7) is 0. The zero-order valence-corrected chi connectivity index (χ0v) is 8.30. The molecule has 3 aromatic heterocycles. The van der Waals surface area contributed by atoms with Gasteiger partial charge in [0.15, 0.2) is 11.5 Å². The molecule has 0 atom stereocenters. The van der Waals surface area contributed by atoms with Crippen molar-refractivity contribution < 1.29 is 9.90 Å². The van der Waals surface area contributed by atoms with Gasteiger partial charge in [0.1, 0.15) is 0 Å². The van der Waals surface area contributed by atoms with Crippen LogP contribution in [0.1, 0.15) is 10.4 Å². The van der Waals surface area contributed by atoms with Crippen LogP contribution in [0.5, 0.6) is 0 Å². The van der Waals surface area contributed by atoms with Crippen molar-refractivity contribution in [3.63, 3.8) is 0 Å². The third kappa shape index (κ3) is 1.40. The van der Waals surface area contributed by atoms with Gasteiger partial charge < -0.3 is 5.11 Å². The van der Waals surface area contributed by atoms with E-state index in [2.05, 4.69) is 25.6 Å². The molecule has 0 aromatic carbocycles. The standard InChI is InChI=1S/C8H5N7O2/c16-8(17)5-1-10-14(4-5)7-3-9-2-6-11-12-13-15(6)7/h1-4H,(H,16,17). The molecule has 0 bridgehead atoms. The highest BCUT2D eigenvalue weighted by Crippen LogP contribution is 2.07. The summed E-state index contributed by atoms with van der Waals surface area (Å²) in [6, 6.07) is 0. The molecule has 9 nitrogen and oxygen atoms in total. The number of carboxylic acids is 1. The SMILES string of the molecule is O=C(O)c1cnn(-c2cncc3nnnn23)c1. The number of hydrogen-bond donors (Lipinski definition) is 1. The first-order chi connectivity index (χ1) is 8.25. The minimum Gasteiger partial charge on any atom is -0.478 e. The van der Waals surface area contributed by atoms with Gasteiger partial charge in [0.25, 0.3) is 0 Å². The van der Waals surface area contributed by atoms with Gasteiger partial charge in [-0.15, -0.1) is 5.10 Å². The number of hydrogen-bond acceptors (Lipinski definition) is 6. The molecule has 1 N–H and O–H groups in total. The Hall–Kier alpha value is -2.84. The molecule has 0 aliphatic rings. The summed E-state index contributed by atoms with van der Waals surface area (Å²) < 4.78 is 2.76. The highest BCUT2D eigenvalue weighted by molar-refractivity contribution is 5.86. The molecule has 3 rings (SSSR count). The maximum absolute atomic E-state index is 10.7. The summed E-state index contributed by atoms with van der Waals surface area (Å²) in [5.74, 6) is -0.590. The van der Waals surface area contributed by atoms with Crippen molar-refractivity contribution in [2.75, 3.05) is 0 Å². The van der Waals surface area contributed by atoms with E-state index in [9.17, 15) is 4.79 Å². The summed E-state index contributed by atoms with van der Waals surface area (Å²) >= 11 is 0. The summed E-state index contributed by atoms with van der Waals surface area (Å²) in [7, 11) is 0. The fraction of sp³-hybridized carbons (Fsp3) is 0. The maximum atomic E-state index is 10.7. The molecule has 0 aliphatic carbocycles. The third-order valence-corrected chi connectivity index (χ3v) is 2.15. The van der Waals surface area contributed by atoms with Gasteiger partial charge in [-0.2, -0.15) is 9.61 Å². The van der Waals surface area contributed by atoms with Gasteiger partial charge in [-0.3, -0.25) is 4.98 Å². The first-order valence-electron chi connectivity index (χ1n) is 4.56. The van der Waals surface area contributed by atoms with Gasteiger partial charge in [-0.05, 0) is 10.4 Å². The van der Waals surface area contributed by atoms with Crippen molar-refractivity contribution >= 4 is 11.6 Å². The summed E-state index contributed by atoms with van der Waals surface area (Å²) in [5, 5.41) is 23.7. The van der Waals surface area contributed by atoms with Crippen molar-refractivity contribution in [3.05, 3.63) is 30.4 Å². The molecule has 0 amide bonds. The van der Waals surface area contributed by atoms with E-state index in [1.54, 1.807) is 0 Å². The van der Waals surface area contributed by atoms with Crippen molar-refractivity contribution in [2.24, 2.45) is 0 Å². The number of carbonyl (C=O) groups is 1. The predicted octanol–water partition coefficient (Wildman–Crippen LogP) is -0.597. The van der Waals surface area contributed by atoms with Gasteiger partial charge in [-0.1, -0.05) is 0 Å². The van der Waals surface area contributed by atoms with Gasteiger partial charge in [0.05, 0.1) is 24.2 Å². The summed E-state index contributed by atoms with van der Waals surface area (Å²) in [5.41, 5.74) is 0.532. The minimum absolute atomic E-state index is 0.0788. The number of fused-ring (bicyclic) bond motifs is 1. The largest absolute Gasteiger partial charge is 0.478 e. The third-order valence-electron chi connectivity index (χ3n) is 2.15. The lowest BCUT2D eigenvalue weighted by Gasteiger charge is -2.00. The van der Waals surface area contributed by atoms with Crippen LogP contribution in [0.25, 0.3) is 11.5 Å². The number of rotatable bonds is 2. The first kappa shape index (κ1) is 9.39. The molecule has 84 valence electrons. The van der Waals surface area contributed by atoms with Crippen LogP contribution in [-0.2, 0) is 0 Å². The van der Waals surface area contributed by atoms with Crippen LogP contribution in [0.15, 0.2) is 24.8 Å². The van der Waals surface area contributed by atoms with Crippen LogP contribution in [0.4, 0.5) is 0 Å². The zero-order valence-electron chi connectivity index (χ0n) is 8.30. The van der Waals surface area contributed by atoms with Crippen LogP contribution < -0.4 is 0 Å². The monoisotopic (exact) mass is 231 g/mol. The number of aromatic carboxylic acids is 1. The lowest BCUT2D eigenvalue weighted by molar-refractivity contribution is 0.0697. The molecule has 0 aliphatic heterocycles. The molecule has 9 heteroatoms. The molecule has 0 spiro atoms. The van der Waals surface area contributed by atoms with Crippen LogP contribution in [0.2, 0.25) is 0 Å². The van der Waals surface area contributed by atoms with E-state index in [4.69, 9.17) is 5.11 Å². The molecule has 17 heavy (non-hydrogen) atoms. The molecule has 0 radical (unpaired) electrons. The molecule has 3 heterocycles. The molecule has 0 saturated carbocycles. The summed E-state index contributed by atoms with van der Waals surface area (Å²) in [6.07, 6.45) is 5.58. The number of nitrogens with zero attached hydrogens (tertiary/aromatic N) is 7. The Morgan fingerprint density at radius 2 is 2.18 bits per heavy atom. The fourth-order valence-electron chi connectivity index (χ4n) is 1.38. The Kier molecular flexibility index (Phi) is 1.84. The van der Waals surface area contributed by atoms with E-state index in [-0.39, 0.29) is 5.56 Å². The average molecular weight is 231 g/mol. The molecule has 3 aromatic rings. The van der Waals surface area contributed by atoms with Crippen molar-refractivity contribution in [1.29, 1.82) is 0 Å². The molecule has 0 fully saturated rings. The van der Waals surface area contributed by atoms with E-state index in [1.807, 2.05) is 0 Å². The molecule has 0 saturated heterocycles. The van der Waals surface area contributed by atoms with Crippen LogP contribution in [0, 0.1) is 0 Å². The van der Waals surface area contributed by atoms with Crippen molar-refractivity contribution in [3.8, 4) is 5.82 Å². The van der Waals surface area contributed by atoms with E-state index in [0.29, 0.717) is 11.5 Å². The Balaban J connectivity index is 2.19. The number of carboxylic acid groups (broad SMARTS) is 1. The molecule has 0 unspecified atom stereocenters. The first-order valence-corrected chi connectivity index (χ1v) is 4.56. The Morgan fingerprint density at radius 3 is 2.94 bits per heavy atom. The van der Waals surface area contributed by atoms with E-state index in [1.165, 1.54) is 34.0 Å².